The molecule has 0 saturated carbocycles. The fraction of sp³-hybridized carbons (Fsp3) is 0.316. The highest BCUT2D eigenvalue weighted by molar-refractivity contribution is 8.15. The van der Waals surface area contributed by atoms with Crippen LogP contribution in [-0.4, -0.2) is 49.7 Å². The topological polar surface area (TPSA) is 103 Å². The van der Waals surface area contributed by atoms with E-state index in [2.05, 4.69) is 4.99 Å². The lowest BCUT2D eigenvalue weighted by atomic mass is 10.2. The molecule has 0 spiro atoms. The summed E-state index contributed by atoms with van der Waals surface area (Å²) in [7, 11) is 0.742. The Bertz CT molecular complexity index is 1360. The molecule has 2 heterocycles. The number of aliphatic imine (C=N–C) groups is 1. The molecule has 1 aromatic carbocycles. The van der Waals surface area contributed by atoms with Crippen LogP contribution in [0.15, 0.2) is 32.8 Å². The van der Waals surface area contributed by atoms with E-state index < -0.39 is 63.6 Å². The first kappa shape index (κ1) is 26.4. The van der Waals surface area contributed by atoms with E-state index in [1.165, 1.54) is 6.92 Å². The average molecular weight is 541 g/mol. The van der Waals surface area contributed by atoms with Gasteiger partial charge in [0.1, 0.15) is 18.1 Å². The van der Waals surface area contributed by atoms with E-state index in [4.69, 9.17) is 16.3 Å². The predicted octanol–water partition coefficient (Wildman–Crippen LogP) is 2.77. The maximum atomic E-state index is 14.7. The number of halogens is 6. The molecule has 0 aliphatic carbocycles. The third-order valence-electron chi connectivity index (χ3n) is 4.58. The third kappa shape index (κ3) is 5.24. The van der Waals surface area contributed by atoms with Gasteiger partial charge in [-0.3, -0.25) is 23.9 Å². The van der Waals surface area contributed by atoms with E-state index >= 15 is 0 Å². The zero-order valence-corrected chi connectivity index (χ0v) is 19.3. The standard InChI is InChI=1S/C19H14ClF5N4O5S/c1-3-34-14(31)7-28-16(32)15(22)35-17(28)26-10-5-11(9(21)4-8(10)20)29-13(30)6-12(19(23,24)25)27(2)18(29)33/h4-6,15H,3,7H2,1-2H3. The molecule has 1 aromatic heterocycles. The lowest BCUT2D eigenvalue weighted by molar-refractivity contribution is -0.146. The maximum absolute atomic E-state index is 14.7. The zero-order chi connectivity index (χ0) is 26.2. The maximum Gasteiger partial charge on any atom is 0.431 e. The number of rotatable bonds is 5. The first-order valence-electron chi connectivity index (χ1n) is 9.52. The number of ether oxygens (including phenoxy) is 1. The Kier molecular flexibility index (Phi) is 7.40. The van der Waals surface area contributed by atoms with Crippen LogP contribution in [0.25, 0.3) is 5.69 Å². The van der Waals surface area contributed by atoms with Crippen molar-refractivity contribution in [3.05, 3.63) is 55.6 Å². The minimum atomic E-state index is -5.03. The summed E-state index contributed by atoms with van der Waals surface area (Å²) in [5.41, 5.74) is -7.83. The smallest absolute Gasteiger partial charge is 0.431 e. The quantitative estimate of drug-likeness (QED) is 0.427. The van der Waals surface area contributed by atoms with Crippen molar-refractivity contribution in [1.29, 1.82) is 0 Å². The molecule has 1 amide bonds. The second-order valence-corrected chi connectivity index (χ2v) is 8.28. The molecule has 9 nitrogen and oxygen atoms in total. The van der Waals surface area contributed by atoms with Crippen LogP contribution < -0.4 is 11.2 Å². The molecule has 3 rings (SSSR count). The molecule has 2 aromatic rings. The van der Waals surface area contributed by atoms with E-state index in [0.29, 0.717) is 22.7 Å². The number of carbonyl (C=O) groups is 2. The number of benzene rings is 1. The molecule has 0 radical (unpaired) electrons. The van der Waals surface area contributed by atoms with Crippen molar-refractivity contribution in [3.63, 3.8) is 0 Å². The number of thioether (sulfide) groups is 1. The van der Waals surface area contributed by atoms with Gasteiger partial charge in [-0.15, -0.1) is 0 Å². The average Bonchev–Trinajstić information content (AvgIpc) is 3.00. The van der Waals surface area contributed by atoms with Gasteiger partial charge < -0.3 is 4.74 Å². The van der Waals surface area contributed by atoms with Crippen molar-refractivity contribution in [2.75, 3.05) is 13.2 Å². The first-order valence-corrected chi connectivity index (χ1v) is 10.8. The van der Waals surface area contributed by atoms with Gasteiger partial charge in [-0.25, -0.2) is 23.1 Å². The van der Waals surface area contributed by atoms with Crippen molar-refractivity contribution in [1.82, 2.24) is 14.0 Å². The molecule has 1 fully saturated rings. The van der Waals surface area contributed by atoms with Crippen LogP contribution in [0, 0.1) is 5.82 Å². The van der Waals surface area contributed by atoms with Gasteiger partial charge in [0.05, 0.1) is 23.0 Å². The number of esters is 1. The fourth-order valence-corrected chi connectivity index (χ4v) is 4.04. The molecular formula is C19H14ClF5N4O5S. The summed E-state index contributed by atoms with van der Waals surface area (Å²) >= 11 is 6.28. The first-order chi connectivity index (χ1) is 16.3. The van der Waals surface area contributed by atoms with E-state index in [1.807, 2.05) is 0 Å². The number of hydrogen-bond donors (Lipinski definition) is 0. The molecule has 1 saturated heterocycles. The number of amides is 1. The largest absolute Gasteiger partial charge is 0.465 e. The molecular weight excluding hydrogens is 527 g/mol. The number of aromatic nitrogens is 2. The van der Waals surface area contributed by atoms with Gasteiger partial charge in [0.25, 0.3) is 11.5 Å². The number of nitrogens with zero attached hydrogens (tertiary/aromatic N) is 4. The van der Waals surface area contributed by atoms with Crippen LogP contribution in [-0.2, 0) is 27.5 Å². The molecule has 16 heteroatoms. The summed E-state index contributed by atoms with van der Waals surface area (Å²) in [5.74, 6) is -3.23. The Morgan fingerprint density at radius 1 is 1.23 bits per heavy atom. The number of carbonyl (C=O) groups excluding carboxylic acids is 2. The second kappa shape index (κ2) is 9.81. The zero-order valence-electron chi connectivity index (χ0n) is 17.7. The summed E-state index contributed by atoms with van der Waals surface area (Å²) in [6, 6.07) is 1.50. The third-order valence-corrected chi connectivity index (χ3v) is 5.81. The van der Waals surface area contributed by atoms with Crippen molar-refractivity contribution >= 4 is 46.1 Å². The summed E-state index contributed by atoms with van der Waals surface area (Å²) in [6.45, 7) is 0.811. The van der Waals surface area contributed by atoms with Gasteiger partial charge in [-0.2, -0.15) is 13.2 Å². The van der Waals surface area contributed by atoms with Gasteiger partial charge in [-0.1, -0.05) is 11.6 Å². The van der Waals surface area contributed by atoms with E-state index in [9.17, 15) is 41.1 Å². The number of alkyl halides is 4. The minimum absolute atomic E-state index is 0.0104. The van der Waals surface area contributed by atoms with Gasteiger partial charge in [0.15, 0.2) is 5.17 Å². The lowest BCUT2D eigenvalue weighted by Gasteiger charge is -2.16. The van der Waals surface area contributed by atoms with Crippen molar-refractivity contribution in [2.24, 2.45) is 12.0 Å². The Hall–Kier alpha value is -3.20. The monoisotopic (exact) mass is 540 g/mol. The molecule has 1 aliphatic rings. The molecule has 0 bridgehead atoms. The summed E-state index contributed by atoms with van der Waals surface area (Å²) in [6.07, 6.45) is -5.03. The van der Waals surface area contributed by atoms with Crippen LogP contribution in [0.1, 0.15) is 12.6 Å². The van der Waals surface area contributed by atoms with Gasteiger partial charge >= 0.3 is 17.8 Å². The molecule has 1 aliphatic heterocycles. The van der Waals surface area contributed by atoms with Crippen molar-refractivity contribution in [2.45, 2.75) is 18.6 Å². The lowest BCUT2D eigenvalue weighted by Crippen LogP contribution is -2.41. The molecule has 1 unspecified atom stereocenters. The van der Waals surface area contributed by atoms with Crippen LogP contribution in [0.5, 0.6) is 0 Å². The minimum Gasteiger partial charge on any atom is -0.465 e. The molecule has 35 heavy (non-hydrogen) atoms. The van der Waals surface area contributed by atoms with Crippen LogP contribution in [0.3, 0.4) is 0 Å². The molecule has 0 N–H and O–H groups in total. The summed E-state index contributed by atoms with van der Waals surface area (Å²) in [4.78, 5) is 53.3. The Balaban J connectivity index is 2.15. The predicted molar refractivity (Wildman–Crippen MR) is 115 cm³/mol. The van der Waals surface area contributed by atoms with E-state index in [-0.39, 0.29) is 32.7 Å². The molecule has 1 atom stereocenters. The second-order valence-electron chi connectivity index (χ2n) is 6.86. The highest BCUT2D eigenvalue weighted by Gasteiger charge is 2.40. The summed E-state index contributed by atoms with van der Waals surface area (Å²) in [5, 5.41) is -0.760. The van der Waals surface area contributed by atoms with Crippen LogP contribution in [0.4, 0.5) is 27.6 Å². The number of hydrogen-bond acceptors (Lipinski definition) is 7. The summed E-state index contributed by atoms with van der Waals surface area (Å²) < 4.78 is 72.9. The van der Waals surface area contributed by atoms with Gasteiger partial charge in [0.2, 0.25) is 5.50 Å². The van der Waals surface area contributed by atoms with Gasteiger partial charge in [0, 0.05) is 13.1 Å². The highest BCUT2D eigenvalue weighted by atomic mass is 35.5. The number of amidine groups is 1. The Morgan fingerprint density at radius 3 is 2.49 bits per heavy atom. The SMILES string of the molecule is CCOC(=O)CN1C(=O)C(F)SC1=Nc1cc(-n2c(=O)cc(C(F)(F)F)n(C)c2=O)c(F)cc1Cl. The fourth-order valence-electron chi connectivity index (χ4n) is 3.00. The van der Waals surface area contributed by atoms with Crippen molar-refractivity contribution in [3.8, 4) is 5.69 Å². The molecule has 188 valence electrons. The Labute approximate surface area is 201 Å². The van der Waals surface area contributed by atoms with E-state index in [1.54, 1.807) is 0 Å². The van der Waals surface area contributed by atoms with Gasteiger partial charge in [-0.05, 0) is 30.8 Å². The normalized spacial score (nSPS) is 17.4. The highest BCUT2D eigenvalue weighted by Crippen LogP contribution is 2.35. The van der Waals surface area contributed by atoms with Crippen LogP contribution in [0.2, 0.25) is 5.02 Å². The van der Waals surface area contributed by atoms with Crippen LogP contribution >= 0.6 is 23.4 Å². The van der Waals surface area contributed by atoms with E-state index in [0.717, 1.165) is 13.1 Å². The Morgan fingerprint density at radius 2 is 1.89 bits per heavy atom. The van der Waals surface area contributed by atoms with Crippen molar-refractivity contribution < 1.29 is 36.3 Å².